The molecule has 0 radical (unpaired) electrons. The number of aromatic nitrogens is 4. The fourth-order valence-electron chi connectivity index (χ4n) is 8.03. The van der Waals surface area contributed by atoms with Gasteiger partial charge in [0.1, 0.15) is 34.9 Å². The number of likely N-dealkylation sites (tertiary alicyclic amines) is 2. The van der Waals surface area contributed by atoms with Crippen molar-refractivity contribution in [3.63, 3.8) is 0 Å². The highest BCUT2D eigenvalue weighted by Gasteiger charge is 2.36. The van der Waals surface area contributed by atoms with E-state index in [9.17, 15) is 19.2 Å². The van der Waals surface area contributed by atoms with E-state index in [1.807, 2.05) is 24.3 Å². The Hall–Kier alpha value is -6.38. The van der Waals surface area contributed by atoms with E-state index < -0.39 is 24.3 Å². The molecule has 15 nitrogen and oxygen atoms in total. The van der Waals surface area contributed by atoms with E-state index in [1.165, 1.54) is 14.2 Å². The van der Waals surface area contributed by atoms with Crippen molar-refractivity contribution in [2.75, 3.05) is 27.3 Å². The lowest BCUT2D eigenvalue weighted by molar-refractivity contribution is -0.134. The number of alkyl carbamates (subject to hydrolysis) is 2. The molecule has 2 aliphatic rings. The number of carbonyl (C=O) groups excluding carboxylic acids is 4. The number of furan rings is 2. The van der Waals surface area contributed by atoms with Gasteiger partial charge in [0.25, 0.3) is 0 Å². The molecule has 0 saturated carbocycles. The highest BCUT2D eigenvalue weighted by atomic mass is 16.5. The van der Waals surface area contributed by atoms with Gasteiger partial charge in [-0.15, -0.1) is 0 Å². The highest BCUT2D eigenvalue weighted by molar-refractivity contribution is 6.19. The van der Waals surface area contributed by atoms with Gasteiger partial charge in [-0.05, 0) is 68.4 Å². The van der Waals surface area contributed by atoms with Crippen LogP contribution in [0.1, 0.15) is 63.3 Å². The Morgan fingerprint density at radius 1 is 0.691 bits per heavy atom. The first-order chi connectivity index (χ1) is 26.6. The first-order valence-corrected chi connectivity index (χ1v) is 18.4. The molecule has 0 aliphatic carbocycles. The van der Waals surface area contributed by atoms with E-state index in [0.29, 0.717) is 24.7 Å². The van der Waals surface area contributed by atoms with E-state index in [1.54, 1.807) is 36.0 Å². The molecule has 4 N–H and O–H groups in total. The maximum Gasteiger partial charge on any atom is 0.407 e. The molecule has 15 heteroatoms. The van der Waals surface area contributed by atoms with Gasteiger partial charge in [-0.2, -0.15) is 0 Å². The predicted octanol–water partition coefficient (Wildman–Crippen LogP) is 6.29. The van der Waals surface area contributed by atoms with Crippen LogP contribution >= 0.6 is 0 Å². The third kappa shape index (κ3) is 6.49. The van der Waals surface area contributed by atoms with Gasteiger partial charge in [0, 0.05) is 29.4 Å². The number of benzene rings is 3. The molecule has 2 bridgehead atoms. The van der Waals surface area contributed by atoms with E-state index in [4.69, 9.17) is 9.40 Å². The number of imidazole rings is 2. The molecule has 2 aliphatic heterocycles. The Bertz CT molecular complexity index is 2380. The molecule has 2 saturated heterocycles. The minimum atomic E-state index is -0.731. The van der Waals surface area contributed by atoms with Gasteiger partial charge in [0.05, 0.1) is 50.1 Å². The number of methoxy groups -OCH3 is 2. The second-order valence-corrected chi connectivity index (χ2v) is 14.1. The topological polar surface area (TPSA) is 188 Å². The largest absolute Gasteiger partial charge is 0.456 e. The number of nitrogens with zero attached hydrogens (tertiary/aromatic N) is 4. The van der Waals surface area contributed by atoms with Gasteiger partial charge in [-0.25, -0.2) is 19.6 Å². The lowest BCUT2D eigenvalue weighted by Gasteiger charge is -2.26. The number of amides is 4. The summed E-state index contributed by atoms with van der Waals surface area (Å²) in [7, 11) is 2.54. The molecular formula is C40H42N8O7. The van der Waals surface area contributed by atoms with Crippen molar-refractivity contribution in [2.45, 2.75) is 63.7 Å². The molecule has 0 spiro atoms. The summed E-state index contributed by atoms with van der Waals surface area (Å²) >= 11 is 0. The van der Waals surface area contributed by atoms with Crippen LogP contribution in [0.3, 0.4) is 0 Å². The van der Waals surface area contributed by atoms with Gasteiger partial charge >= 0.3 is 12.2 Å². The summed E-state index contributed by atoms with van der Waals surface area (Å²) in [5, 5.41) is 7.12. The molecule has 55 heavy (non-hydrogen) atoms. The number of hydrogen-bond donors (Lipinski definition) is 4. The molecule has 8 rings (SSSR count). The molecule has 6 heterocycles. The predicted molar refractivity (Wildman–Crippen MR) is 203 cm³/mol. The number of aromatic amines is 2. The minimum absolute atomic E-state index is 0.182. The molecule has 2 aromatic carbocycles. The second kappa shape index (κ2) is 14.5. The smallest absolute Gasteiger partial charge is 0.407 e. The number of carbonyl (C=O) groups is 4. The summed E-state index contributed by atoms with van der Waals surface area (Å²) in [5.41, 5.74) is 7.15. The summed E-state index contributed by atoms with van der Waals surface area (Å²) in [6.45, 7) is 4.46. The molecule has 4 unspecified atom stereocenters. The fourth-order valence-corrected chi connectivity index (χ4v) is 8.03. The zero-order chi connectivity index (χ0) is 38.4. The van der Waals surface area contributed by atoms with Gasteiger partial charge < -0.3 is 44.3 Å². The summed E-state index contributed by atoms with van der Waals surface area (Å²) in [4.78, 5) is 69.7. The van der Waals surface area contributed by atoms with Crippen LogP contribution in [-0.4, -0.2) is 93.1 Å². The number of ether oxygens (including phenoxy) is 2. The van der Waals surface area contributed by atoms with Crippen molar-refractivity contribution in [1.82, 2.24) is 40.4 Å². The first kappa shape index (κ1) is 35.6. The van der Waals surface area contributed by atoms with Crippen molar-refractivity contribution < 1.29 is 33.1 Å². The fraction of sp³-hybridized carbons (Fsp3) is 0.350. The normalized spacial score (nSPS) is 18.2. The Morgan fingerprint density at radius 2 is 1.16 bits per heavy atom. The molecule has 2 fully saturated rings. The molecular weight excluding hydrogens is 704 g/mol. The van der Waals surface area contributed by atoms with Gasteiger partial charge in [-0.3, -0.25) is 9.59 Å². The lowest BCUT2D eigenvalue weighted by atomic mass is 9.93. The van der Waals surface area contributed by atoms with Crippen LogP contribution < -0.4 is 10.6 Å². The lowest BCUT2D eigenvalue weighted by Crippen LogP contribution is -2.46. The summed E-state index contributed by atoms with van der Waals surface area (Å²) in [5.74, 6) is 1.03. The van der Waals surface area contributed by atoms with Gasteiger partial charge in [0.2, 0.25) is 11.8 Å². The van der Waals surface area contributed by atoms with Crippen LogP contribution in [0.4, 0.5) is 9.59 Å². The van der Waals surface area contributed by atoms with E-state index in [-0.39, 0.29) is 23.9 Å². The third-order valence-corrected chi connectivity index (χ3v) is 10.8. The first-order valence-electron chi connectivity index (χ1n) is 18.4. The Labute approximate surface area is 316 Å². The van der Waals surface area contributed by atoms with Crippen molar-refractivity contribution in [3.8, 4) is 33.6 Å². The molecule has 4 amide bonds. The SMILES string of the molecule is COC(=O)NC(C)C(=O)N1CCCC1c1ncc(-c2ccc(-c3ccc(-c4cnc(C5CCCN5C(=O)C(C)NC(=O)OC)[nH]4)c4c5ccc(o5)c34)cc2)[nH]1. The maximum atomic E-state index is 13.3. The zero-order valence-electron chi connectivity index (χ0n) is 31.0. The number of hydrogen-bond acceptors (Lipinski definition) is 9. The van der Waals surface area contributed by atoms with Crippen molar-refractivity contribution in [1.29, 1.82) is 0 Å². The van der Waals surface area contributed by atoms with Crippen LogP contribution in [0, 0.1) is 0 Å². The Balaban J connectivity index is 1.02. The Morgan fingerprint density at radius 3 is 1.71 bits per heavy atom. The highest BCUT2D eigenvalue weighted by Crippen LogP contribution is 2.44. The van der Waals surface area contributed by atoms with Crippen molar-refractivity contribution in [3.05, 3.63) is 72.6 Å². The number of fused-ring (bicyclic) bond motifs is 5. The van der Waals surface area contributed by atoms with Crippen LogP contribution in [0.15, 0.2) is 65.3 Å². The quantitative estimate of drug-likeness (QED) is 0.132. The van der Waals surface area contributed by atoms with Crippen LogP contribution in [0.25, 0.3) is 55.6 Å². The molecule has 4 aromatic heterocycles. The second-order valence-electron chi connectivity index (χ2n) is 14.1. The van der Waals surface area contributed by atoms with E-state index >= 15 is 0 Å². The van der Waals surface area contributed by atoms with Crippen LogP contribution in [0.2, 0.25) is 0 Å². The average Bonchev–Trinajstić information content (AvgIpc) is 4.06. The molecule has 6 aromatic rings. The number of rotatable bonds is 9. The average molecular weight is 747 g/mol. The summed E-state index contributed by atoms with van der Waals surface area (Å²) in [6, 6.07) is 14.5. The molecule has 4 atom stereocenters. The minimum Gasteiger partial charge on any atom is -0.456 e. The number of nitrogens with one attached hydrogen (secondary N) is 4. The van der Waals surface area contributed by atoms with Gasteiger partial charge in [-0.1, -0.05) is 36.4 Å². The van der Waals surface area contributed by atoms with E-state index in [0.717, 1.165) is 81.3 Å². The monoisotopic (exact) mass is 746 g/mol. The van der Waals surface area contributed by atoms with Gasteiger partial charge in [0.15, 0.2) is 0 Å². The standard InChI is InChI=1S/C40H42N8O7/c1-21(43-39(51)53-3)37(49)47-17-5-7-29(47)35-41-19-27(45-35)24-11-9-23(10-12-24)25-13-14-26(34-32-16-15-31(55-32)33(25)34)28-20-42-36(46-28)30-8-6-18-48(30)38(50)22(2)44-40(52)54-4/h9-16,19-22,29-30H,5-8,17-18H2,1-4H3,(H,41,45)(H,42,46)(H,43,51)(H,44,52). The van der Waals surface area contributed by atoms with Crippen LogP contribution in [0.5, 0.6) is 0 Å². The molecule has 284 valence electrons. The summed E-state index contributed by atoms with van der Waals surface area (Å²) in [6.07, 6.45) is 5.49. The van der Waals surface area contributed by atoms with E-state index in [2.05, 4.69) is 59.3 Å². The third-order valence-electron chi connectivity index (χ3n) is 10.8. The van der Waals surface area contributed by atoms with Crippen molar-refractivity contribution in [2.24, 2.45) is 0 Å². The maximum absolute atomic E-state index is 13.3. The Kier molecular flexibility index (Phi) is 9.37. The van der Waals surface area contributed by atoms with Crippen LogP contribution in [-0.2, 0) is 19.1 Å². The zero-order valence-corrected chi connectivity index (χ0v) is 31.0. The summed E-state index contributed by atoms with van der Waals surface area (Å²) < 4.78 is 15.6. The number of H-pyrrole nitrogens is 2. The van der Waals surface area contributed by atoms with Crippen molar-refractivity contribution >= 4 is 45.9 Å².